The molecule has 1 N–H and O–H groups in total. The Bertz CT molecular complexity index is 866. The Balaban J connectivity index is 1.60. The van der Waals surface area contributed by atoms with Crippen molar-refractivity contribution in [3.05, 3.63) is 29.8 Å². The first-order valence-corrected chi connectivity index (χ1v) is 9.65. The number of sulfonamides is 1. The van der Waals surface area contributed by atoms with E-state index in [1.165, 1.54) is 24.3 Å². The Labute approximate surface area is 147 Å². The van der Waals surface area contributed by atoms with Crippen LogP contribution in [0.2, 0.25) is 0 Å². The molecule has 9 nitrogen and oxygen atoms in total. The van der Waals surface area contributed by atoms with Crippen molar-refractivity contribution in [1.82, 2.24) is 14.5 Å². The number of amides is 4. The molecule has 0 aromatic heterocycles. The van der Waals surface area contributed by atoms with Gasteiger partial charge in [0.2, 0.25) is 11.8 Å². The number of nitrogens with zero attached hydrogens (tertiary/aromatic N) is 2. The summed E-state index contributed by atoms with van der Waals surface area (Å²) >= 11 is 0.884. The number of carbonyl (C=O) groups excluding carboxylic acids is 4. The molecule has 4 amide bonds. The highest BCUT2D eigenvalue weighted by molar-refractivity contribution is 8.14. The number of rotatable bonds is 5. The fourth-order valence-corrected chi connectivity index (χ4v) is 4.75. The molecule has 2 aliphatic heterocycles. The molecule has 0 radical (unpaired) electrons. The molecule has 0 bridgehead atoms. The highest BCUT2D eigenvalue weighted by Gasteiger charge is 2.41. The predicted molar refractivity (Wildman–Crippen MR) is 87.2 cm³/mol. The maximum absolute atomic E-state index is 12.3. The number of nitrogens with one attached hydrogen (secondary N) is 1. The van der Waals surface area contributed by atoms with Crippen molar-refractivity contribution in [2.24, 2.45) is 0 Å². The van der Waals surface area contributed by atoms with Crippen LogP contribution in [0.15, 0.2) is 29.2 Å². The summed E-state index contributed by atoms with van der Waals surface area (Å²) in [6.07, 6.45) is 0. The van der Waals surface area contributed by atoms with Crippen molar-refractivity contribution in [3.63, 3.8) is 0 Å². The van der Waals surface area contributed by atoms with Gasteiger partial charge in [-0.15, -0.1) is 0 Å². The number of imide groups is 1. The minimum absolute atomic E-state index is 0.00265. The van der Waals surface area contributed by atoms with Crippen LogP contribution in [0.3, 0.4) is 0 Å². The molecule has 132 valence electrons. The first-order chi connectivity index (χ1) is 11.8. The normalized spacial score (nSPS) is 18.6. The third-order valence-electron chi connectivity index (χ3n) is 3.70. The van der Waals surface area contributed by atoms with Gasteiger partial charge in [-0.3, -0.25) is 24.1 Å². The molecule has 0 saturated carbocycles. The number of hydrogen-bond acceptors (Lipinski definition) is 7. The minimum Gasteiger partial charge on any atom is -0.353 e. The van der Waals surface area contributed by atoms with Crippen molar-refractivity contribution in [2.45, 2.75) is 4.90 Å². The molecule has 25 heavy (non-hydrogen) atoms. The monoisotopic (exact) mass is 383 g/mol. The number of benzene rings is 1. The van der Waals surface area contributed by atoms with Gasteiger partial charge in [-0.1, -0.05) is 23.9 Å². The summed E-state index contributed by atoms with van der Waals surface area (Å²) < 4.78 is 25.2. The smallest absolute Gasteiger partial charge is 0.288 e. The second-order valence-corrected chi connectivity index (χ2v) is 8.02. The summed E-state index contributed by atoms with van der Waals surface area (Å²) in [5.74, 6) is -1.72. The predicted octanol–water partition coefficient (Wildman–Crippen LogP) is -0.357. The van der Waals surface area contributed by atoms with Crippen LogP contribution in [0.25, 0.3) is 0 Å². The van der Waals surface area contributed by atoms with Gasteiger partial charge in [0.25, 0.3) is 21.2 Å². The molecule has 0 unspecified atom stereocenters. The molecule has 11 heteroatoms. The number of carbonyl (C=O) groups is 4. The number of hydrogen-bond donors (Lipinski definition) is 1. The van der Waals surface area contributed by atoms with Gasteiger partial charge in [0.1, 0.15) is 11.4 Å². The van der Waals surface area contributed by atoms with Crippen LogP contribution in [0.5, 0.6) is 0 Å². The third-order valence-corrected chi connectivity index (χ3v) is 6.34. The van der Waals surface area contributed by atoms with E-state index in [9.17, 15) is 27.6 Å². The molecule has 1 fully saturated rings. The summed E-state index contributed by atoms with van der Waals surface area (Å²) in [6, 6.07) is 5.73. The van der Waals surface area contributed by atoms with Gasteiger partial charge in [0, 0.05) is 13.1 Å². The molecule has 2 heterocycles. The van der Waals surface area contributed by atoms with Crippen molar-refractivity contribution >= 4 is 44.7 Å². The van der Waals surface area contributed by atoms with Gasteiger partial charge in [-0.05, 0) is 12.1 Å². The van der Waals surface area contributed by atoms with Gasteiger partial charge < -0.3 is 5.32 Å². The standard InChI is InChI=1S/C14H13N3O6S2/c18-11(15-5-6-16-12(19)8-24-14(16)21)7-17-13(20)9-3-1-2-4-10(9)25(17,22)23/h1-4H,5-8H2,(H,15,18). The minimum atomic E-state index is -4.05. The zero-order chi connectivity index (χ0) is 18.2. The molecule has 2 aliphatic rings. The van der Waals surface area contributed by atoms with Crippen LogP contribution in [0.4, 0.5) is 4.79 Å². The van der Waals surface area contributed by atoms with E-state index < -0.39 is 28.4 Å². The van der Waals surface area contributed by atoms with Crippen molar-refractivity contribution < 1.29 is 27.6 Å². The first-order valence-electron chi connectivity index (χ1n) is 7.22. The van der Waals surface area contributed by atoms with Crippen LogP contribution in [-0.4, -0.2) is 66.0 Å². The average Bonchev–Trinajstić information content (AvgIpc) is 2.99. The van der Waals surface area contributed by atoms with Gasteiger partial charge in [0.05, 0.1) is 11.3 Å². The van der Waals surface area contributed by atoms with E-state index in [2.05, 4.69) is 5.32 Å². The van der Waals surface area contributed by atoms with Crippen molar-refractivity contribution in [2.75, 3.05) is 25.4 Å². The fourth-order valence-electron chi connectivity index (χ4n) is 2.48. The van der Waals surface area contributed by atoms with Gasteiger partial charge in [0.15, 0.2) is 0 Å². The van der Waals surface area contributed by atoms with E-state index in [0.717, 1.165) is 16.7 Å². The maximum Gasteiger partial charge on any atom is 0.288 e. The van der Waals surface area contributed by atoms with Crippen LogP contribution in [0.1, 0.15) is 10.4 Å². The lowest BCUT2D eigenvalue weighted by Crippen LogP contribution is -2.43. The topological polar surface area (TPSA) is 121 Å². The average molecular weight is 383 g/mol. The van der Waals surface area contributed by atoms with Crippen LogP contribution >= 0.6 is 11.8 Å². The van der Waals surface area contributed by atoms with Gasteiger partial charge >= 0.3 is 0 Å². The zero-order valence-electron chi connectivity index (χ0n) is 12.8. The second-order valence-electron chi connectivity index (χ2n) is 5.26. The van der Waals surface area contributed by atoms with E-state index in [-0.39, 0.29) is 40.4 Å². The summed E-state index contributed by atoms with van der Waals surface area (Å²) in [6.45, 7) is -0.685. The summed E-state index contributed by atoms with van der Waals surface area (Å²) in [4.78, 5) is 47.9. The molecule has 3 rings (SSSR count). The molecular weight excluding hydrogens is 370 g/mol. The van der Waals surface area contributed by atoms with Crippen molar-refractivity contribution in [1.29, 1.82) is 0 Å². The molecule has 0 atom stereocenters. The Hall–Kier alpha value is -2.40. The van der Waals surface area contributed by atoms with Crippen LogP contribution in [-0.2, 0) is 19.6 Å². The van der Waals surface area contributed by atoms with E-state index in [1.807, 2.05) is 0 Å². The Morgan fingerprint density at radius 2 is 1.92 bits per heavy atom. The van der Waals surface area contributed by atoms with E-state index in [4.69, 9.17) is 0 Å². The summed E-state index contributed by atoms with van der Waals surface area (Å²) in [5.41, 5.74) is 0.0283. The third kappa shape index (κ3) is 3.12. The first kappa shape index (κ1) is 17.4. The molecule has 1 saturated heterocycles. The number of thioether (sulfide) groups is 1. The quantitative estimate of drug-likeness (QED) is 0.737. The number of fused-ring (bicyclic) bond motifs is 1. The molecule has 0 aliphatic carbocycles. The van der Waals surface area contributed by atoms with Crippen LogP contribution < -0.4 is 5.32 Å². The maximum atomic E-state index is 12.3. The van der Waals surface area contributed by atoms with Crippen LogP contribution in [0, 0.1) is 0 Å². The Morgan fingerprint density at radius 3 is 2.56 bits per heavy atom. The highest BCUT2D eigenvalue weighted by atomic mass is 32.2. The molecule has 1 aromatic carbocycles. The summed E-state index contributed by atoms with van der Waals surface area (Å²) in [5, 5.41) is 2.03. The van der Waals surface area contributed by atoms with Gasteiger partial charge in [-0.25, -0.2) is 12.7 Å². The van der Waals surface area contributed by atoms with E-state index >= 15 is 0 Å². The van der Waals surface area contributed by atoms with Crippen molar-refractivity contribution in [3.8, 4) is 0 Å². The lowest BCUT2D eigenvalue weighted by Gasteiger charge is -2.16. The lowest BCUT2D eigenvalue weighted by molar-refractivity contribution is -0.125. The zero-order valence-corrected chi connectivity index (χ0v) is 14.4. The second kappa shape index (κ2) is 6.48. The van der Waals surface area contributed by atoms with Gasteiger partial charge in [-0.2, -0.15) is 0 Å². The molecule has 0 spiro atoms. The largest absolute Gasteiger partial charge is 0.353 e. The lowest BCUT2D eigenvalue weighted by atomic mass is 10.2. The van der Waals surface area contributed by atoms with E-state index in [1.54, 1.807) is 0 Å². The Morgan fingerprint density at radius 1 is 1.20 bits per heavy atom. The highest BCUT2D eigenvalue weighted by Crippen LogP contribution is 2.29. The molecular formula is C14H13N3O6S2. The Kier molecular flexibility index (Phi) is 4.52. The van der Waals surface area contributed by atoms with E-state index in [0.29, 0.717) is 4.31 Å². The summed E-state index contributed by atoms with van der Waals surface area (Å²) in [7, 11) is -4.05. The fraction of sp³-hybridized carbons (Fsp3) is 0.286. The molecule has 1 aromatic rings. The SMILES string of the molecule is O=C(CN1C(=O)c2ccccc2S1(=O)=O)NCCN1C(=O)CSC1=O.